The van der Waals surface area contributed by atoms with Crippen LogP contribution in [0.3, 0.4) is 0 Å². The minimum atomic E-state index is -0.261. The third-order valence-electron chi connectivity index (χ3n) is 4.13. The van der Waals surface area contributed by atoms with Crippen LogP contribution in [0.15, 0.2) is 54.6 Å². The summed E-state index contributed by atoms with van der Waals surface area (Å²) in [6.45, 7) is 3.48. The molecule has 3 rings (SSSR count). The average Bonchev–Trinajstić information content (AvgIpc) is 3.17. The van der Waals surface area contributed by atoms with Gasteiger partial charge >= 0.3 is 0 Å². The number of amides is 1. The number of carbonyl (C=O) groups excluding carboxylic acids is 1. The molecule has 1 amide bonds. The third kappa shape index (κ3) is 5.85. The largest absolute Gasteiger partial charge is 0.355 e. The molecule has 0 atom stereocenters. The molecule has 0 aliphatic heterocycles. The van der Waals surface area contributed by atoms with Gasteiger partial charge < -0.3 is 10.2 Å². The molecule has 7 heteroatoms. The molecular weight excluding hydrogens is 375 g/mol. The van der Waals surface area contributed by atoms with Gasteiger partial charge in [0.05, 0.1) is 6.54 Å². The van der Waals surface area contributed by atoms with Gasteiger partial charge in [0.1, 0.15) is 11.6 Å². The molecule has 0 saturated carbocycles. The fourth-order valence-corrected chi connectivity index (χ4v) is 3.40. The predicted octanol–water partition coefficient (Wildman–Crippen LogP) is 3.80. The Kier molecular flexibility index (Phi) is 7.08. The molecule has 0 aliphatic carbocycles. The molecule has 28 heavy (non-hydrogen) atoms. The van der Waals surface area contributed by atoms with Crippen molar-refractivity contribution in [2.75, 3.05) is 18.0 Å². The number of anilines is 1. The van der Waals surface area contributed by atoms with Gasteiger partial charge in [-0.1, -0.05) is 49.4 Å². The minimum Gasteiger partial charge on any atom is -0.355 e. The zero-order chi connectivity index (χ0) is 19.8. The smallest absolute Gasteiger partial charge is 0.239 e. The number of hydrogen-bond acceptors (Lipinski definition) is 5. The first-order chi connectivity index (χ1) is 13.6. The summed E-state index contributed by atoms with van der Waals surface area (Å²) in [4.78, 5) is 18.8. The summed E-state index contributed by atoms with van der Waals surface area (Å²) >= 11 is 1.28. The van der Waals surface area contributed by atoms with Gasteiger partial charge in [-0.15, -0.1) is 0 Å². The number of carbonyl (C=O) groups is 1. The van der Waals surface area contributed by atoms with E-state index in [1.165, 1.54) is 23.7 Å². The summed E-state index contributed by atoms with van der Waals surface area (Å²) in [6.07, 6.45) is 1.42. The third-order valence-corrected chi connectivity index (χ3v) is 4.94. The van der Waals surface area contributed by atoms with Gasteiger partial charge in [0.25, 0.3) is 0 Å². The Bertz CT molecular complexity index is 883. The van der Waals surface area contributed by atoms with E-state index < -0.39 is 0 Å². The van der Waals surface area contributed by atoms with Gasteiger partial charge in [-0.05, 0) is 29.7 Å². The van der Waals surface area contributed by atoms with E-state index >= 15 is 0 Å². The quantitative estimate of drug-likeness (QED) is 0.596. The number of nitrogens with one attached hydrogen (secondary N) is 1. The number of benzene rings is 2. The second-order valence-electron chi connectivity index (χ2n) is 6.49. The first kappa shape index (κ1) is 19.9. The lowest BCUT2D eigenvalue weighted by atomic mass is 10.1. The highest BCUT2D eigenvalue weighted by atomic mass is 32.1. The fraction of sp³-hybridized carbons (Fsp3) is 0.286. The van der Waals surface area contributed by atoms with E-state index in [1.807, 2.05) is 42.2 Å². The van der Waals surface area contributed by atoms with Crippen LogP contribution in [0.1, 0.15) is 30.3 Å². The topological polar surface area (TPSA) is 58.1 Å². The monoisotopic (exact) mass is 398 g/mol. The molecule has 0 radical (unpaired) electrons. The first-order valence-electron chi connectivity index (χ1n) is 9.26. The van der Waals surface area contributed by atoms with E-state index in [0.717, 1.165) is 17.5 Å². The van der Waals surface area contributed by atoms with E-state index in [9.17, 15) is 9.18 Å². The highest BCUT2D eigenvalue weighted by molar-refractivity contribution is 7.09. The standard InChI is InChI=1S/C21H23FN4OS/c1-2-12-23-20(27)15-26(14-17-6-4-3-5-7-17)21-24-19(25-28-21)13-16-8-10-18(22)11-9-16/h3-11H,2,12-15H2,1H3,(H,23,27). The van der Waals surface area contributed by atoms with Crippen molar-refractivity contribution in [1.82, 2.24) is 14.7 Å². The second-order valence-corrected chi connectivity index (χ2v) is 7.22. The lowest BCUT2D eigenvalue weighted by Gasteiger charge is -2.21. The van der Waals surface area contributed by atoms with Crippen molar-refractivity contribution < 1.29 is 9.18 Å². The Morgan fingerprint density at radius 1 is 1.11 bits per heavy atom. The summed E-state index contributed by atoms with van der Waals surface area (Å²) < 4.78 is 17.5. The Morgan fingerprint density at radius 3 is 2.57 bits per heavy atom. The molecule has 3 aromatic rings. The van der Waals surface area contributed by atoms with E-state index in [0.29, 0.717) is 30.5 Å². The lowest BCUT2D eigenvalue weighted by Crippen LogP contribution is -2.37. The Labute approximate surface area is 168 Å². The van der Waals surface area contributed by atoms with Gasteiger partial charge in [-0.2, -0.15) is 4.37 Å². The summed E-state index contributed by atoms with van der Waals surface area (Å²) in [5, 5.41) is 3.61. The Morgan fingerprint density at radius 2 is 1.86 bits per heavy atom. The van der Waals surface area contributed by atoms with Gasteiger partial charge in [-0.3, -0.25) is 4.79 Å². The molecule has 5 nitrogen and oxygen atoms in total. The van der Waals surface area contributed by atoms with Crippen LogP contribution in [-0.4, -0.2) is 28.4 Å². The molecule has 0 bridgehead atoms. The van der Waals surface area contributed by atoms with Crippen molar-refractivity contribution in [3.05, 3.63) is 77.4 Å². The molecule has 0 saturated heterocycles. The van der Waals surface area contributed by atoms with Gasteiger partial charge in [0.15, 0.2) is 0 Å². The molecule has 1 aromatic heterocycles. The van der Waals surface area contributed by atoms with Crippen molar-refractivity contribution >= 4 is 22.6 Å². The number of halogens is 1. The van der Waals surface area contributed by atoms with Crippen LogP contribution in [0.4, 0.5) is 9.52 Å². The maximum Gasteiger partial charge on any atom is 0.239 e. The van der Waals surface area contributed by atoms with Gasteiger partial charge in [0.2, 0.25) is 11.0 Å². The van der Waals surface area contributed by atoms with Gasteiger partial charge in [0, 0.05) is 31.0 Å². The van der Waals surface area contributed by atoms with Crippen molar-refractivity contribution in [2.24, 2.45) is 0 Å². The molecule has 0 fully saturated rings. The summed E-state index contributed by atoms with van der Waals surface area (Å²) in [5.41, 5.74) is 2.04. The molecule has 1 N–H and O–H groups in total. The lowest BCUT2D eigenvalue weighted by molar-refractivity contribution is -0.119. The Balaban J connectivity index is 1.74. The Hall–Kier alpha value is -2.80. The molecule has 0 spiro atoms. The molecular formula is C21H23FN4OS. The maximum absolute atomic E-state index is 13.1. The second kappa shape index (κ2) is 9.94. The van der Waals surface area contributed by atoms with Crippen LogP contribution in [0.25, 0.3) is 0 Å². The van der Waals surface area contributed by atoms with Crippen LogP contribution in [-0.2, 0) is 17.8 Å². The van der Waals surface area contributed by atoms with Crippen LogP contribution in [0, 0.1) is 5.82 Å². The molecule has 0 aliphatic rings. The SMILES string of the molecule is CCCNC(=O)CN(Cc1ccccc1)c1nc(Cc2ccc(F)cc2)ns1. The summed E-state index contributed by atoms with van der Waals surface area (Å²) in [5.74, 6) is 0.370. The number of aromatic nitrogens is 2. The average molecular weight is 399 g/mol. The normalized spacial score (nSPS) is 10.6. The highest BCUT2D eigenvalue weighted by Gasteiger charge is 2.17. The zero-order valence-corrected chi connectivity index (χ0v) is 16.6. The van der Waals surface area contributed by atoms with E-state index in [4.69, 9.17) is 0 Å². The zero-order valence-electron chi connectivity index (χ0n) is 15.8. The predicted molar refractivity (Wildman–Crippen MR) is 110 cm³/mol. The first-order valence-corrected chi connectivity index (χ1v) is 10.0. The number of nitrogens with zero attached hydrogens (tertiary/aromatic N) is 3. The highest BCUT2D eigenvalue weighted by Crippen LogP contribution is 2.21. The van der Waals surface area contributed by atoms with E-state index in [-0.39, 0.29) is 18.3 Å². The molecule has 0 unspecified atom stereocenters. The van der Waals surface area contributed by atoms with Crippen molar-refractivity contribution in [3.63, 3.8) is 0 Å². The van der Waals surface area contributed by atoms with Crippen molar-refractivity contribution in [1.29, 1.82) is 0 Å². The number of rotatable bonds is 9. The van der Waals surface area contributed by atoms with Crippen LogP contribution in [0.5, 0.6) is 0 Å². The van der Waals surface area contributed by atoms with E-state index in [2.05, 4.69) is 14.7 Å². The summed E-state index contributed by atoms with van der Waals surface area (Å²) in [6, 6.07) is 16.3. The molecule has 1 heterocycles. The molecule has 146 valence electrons. The van der Waals surface area contributed by atoms with Crippen molar-refractivity contribution in [3.8, 4) is 0 Å². The summed E-state index contributed by atoms with van der Waals surface area (Å²) in [7, 11) is 0. The maximum atomic E-state index is 13.1. The number of hydrogen-bond donors (Lipinski definition) is 1. The fourth-order valence-electron chi connectivity index (χ4n) is 2.72. The van der Waals surface area contributed by atoms with Crippen LogP contribution in [0.2, 0.25) is 0 Å². The molecule has 2 aromatic carbocycles. The van der Waals surface area contributed by atoms with Crippen molar-refractivity contribution in [2.45, 2.75) is 26.3 Å². The minimum absolute atomic E-state index is 0.0342. The van der Waals surface area contributed by atoms with E-state index in [1.54, 1.807) is 12.1 Å². The van der Waals surface area contributed by atoms with Gasteiger partial charge in [-0.25, -0.2) is 9.37 Å². The van der Waals surface area contributed by atoms with Crippen LogP contribution >= 0.6 is 11.5 Å². The van der Waals surface area contributed by atoms with Crippen LogP contribution < -0.4 is 10.2 Å².